The first-order valence-corrected chi connectivity index (χ1v) is 14.8. The monoisotopic (exact) mass is 579 g/mol. The van der Waals surface area contributed by atoms with Gasteiger partial charge < -0.3 is 19.2 Å². The van der Waals surface area contributed by atoms with Crippen molar-refractivity contribution in [3.8, 4) is 16.9 Å². The number of imidazole rings is 1. The van der Waals surface area contributed by atoms with E-state index in [1.54, 1.807) is 12.1 Å². The number of hydrogen-bond donors (Lipinski definition) is 1. The van der Waals surface area contributed by atoms with Crippen LogP contribution >= 0.6 is 0 Å². The molecule has 1 aromatic heterocycles. The van der Waals surface area contributed by atoms with Gasteiger partial charge in [0, 0.05) is 30.9 Å². The second-order valence-electron chi connectivity index (χ2n) is 11.4. The average molecular weight is 580 g/mol. The highest BCUT2D eigenvalue weighted by molar-refractivity contribution is 6.07. The summed E-state index contributed by atoms with van der Waals surface area (Å²) in [6.45, 7) is 6.82. The lowest BCUT2D eigenvalue weighted by Crippen LogP contribution is -2.29. The number of aliphatic imine (C=N–C) groups is 1. The number of hydrogen-bond acceptors (Lipinski definition) is 5. The Morgan fingerprint density at radius 3 is 2.53 bits per heavy atom. The molecule has 2 aliphatic carbocycles. The smallest absolute Gasteiger partial charge is 0.449 e. The van der Waals surface area contributed by atoms with E-state index in [0.717, 1.165) is 53.9 Å². The van der Waals surface area contributed by atoms with E-state index in [-0.39, 0.29) is 17.6 Å². The number of rotatable bonds is 9. The van der Waals surface area contributed by atoms with Gasteiger partial charge in [-0.25, -0.2) is 14.8 Å². The maximum Gasteiger partial charge on any atom is 0.511 e. The van der Waals surface area contributed by atoms with E-state index < -0.39 is 12.1 Å². The number of benzene rings is 2. The summed E-state index contributed by atoms with van der Waals surface area (Å²) >= 11 is 0. The van der Waals surface area contributed by atoms with E-state index in [4.69, 9.17) is 14.8 Å². The number of nitrogens with zero attached hydrogens (tertiary/aromatic N) is 3. The molecule has 1 N–H and O–H groups in total. The molecule has 0 bridgehead atoms. The van der Waals surface area contributed by atoms with Gasteiger partial charge in [0.2, 0.25) is 5.91 Å². The molecular weight excluding hydrogens is 542 g/mol. The third-order valence-electron chi connectivity index (χ3n) is 8.47. The van der Waals surface area contributed by atoms with Crippen molar-refractivity contribution < 1.29 is 24.2 Å². The van der Waals surface area contributed by atoms with Crippen molar-refractivity contribution in [1.82, 2.24) is 9.55 Å². The Morgan fingerprint density at radius 2 is 1.81 bits per heavy atom. The van der Waals surface area contributed by atoms with Gasteiger partial charge in [0.15, 0.2) is 0 Å². The van der Waals surface area contributed by atoms with Crippen LogP contribution in [0.25, 0.3) is 17.2 Å². The summed E-state index contributed by atoms with van der Waals surface area (Å²) in [5, 5.41) is 9.11. The summed E-state index contributed by atoms with van der Waals surface area (Å²) in [7, 11) is 0. The second kappa shape index (κ2) is 13.2. The number of aldehydes is 1. The molecule has 2 unspecified atom stereocenters. The van der Waals surface area contributed by atoms with Crippen LogP contribution in [0.5, 0.6) is 5.75 Å². The minimum absolute atomic E-state index is 0.230. The summed E-state index contributed by atoms with van der Waals surface area (Å²) in [5.74, 6) is 0.305. The van der Waals surface area contributed by atoms with Crippen LogP contribution in [0.1, 0.15) is 69.2 Å². The highest BCUT2D eigenvalue weighted by atomic mass is 16.7. The molecule has 222 valence electrons. The molecule has 8 nitrogen and oxygen atoms in total. The largest absolute Gasteiger partial charge is 0.511 e. The van der Waals surface area contributed by atoms with Crippen LogP contribution < -0.4 is 4.74 Å². The number of carboxylic acid groups (broad SMARTS) is 1. The number of allylic oxidation sites excluding steroid dienone is 3. The Hall–Kier alpha value is -4.59. The molecule has 0 saturated heterocycles. The normalized spacial score (nSPS) is 18.9. The summed E-state index contributed by atoms with van der Waals surface area (Å²) in [5.41, 5.74) is 7.57. The number of aromatic nitrogens is 2. The number of fused-ring (bicyclic) bond motifs is 1. The Bertz CT molecular complexity index is 1630. The molecule has 1 amide bonds. The molecule has 3 aromatic rings. The van der Waals surface area contributed by atoms with Crippen molar-refractivity contribution in [1.29, 1.82) is 0 Å². The predicted octanol–water partition coefficient (Wildman–Crippen LogP) is 7.10. The van der Waals surface area contributed by atoms with E-state index >= 15 is 0 Å². The lowest BCUT2D eigenvalue weighted by Gasteiger charge is -2.27. The van der Waals surface area contributed by atoms with Crippen molar-refractivity contribution in [3.05, 3.63) is 88.5 Å². The molecule has 2 aliphatic rings. The van der Waals surface area contributed by atoms with E-state index in [9.17, 15) is 14.4 Å². The first-order chi connectivity index (χ1) is 20.8. The van der Waals surface area contributed by atoms with Gasteiger partial charge in [-0.1, -0.05) is 67.0 Å². The maximum absolute atomic E-state index is 13.3. The van der Waals surface area contributed by atoms with Crippen LogP contribution in [0.4, 0.5) is 4.79 Å². The van der Waals surface area contributed by atoms with Crippen LogP contribution in [-0.2, 0) is 29.0 Å². The number of unbranched alkanes of at least 4 members (excludes halogenated alkanes) is 1. The fraction of sp³-hybridized carbons (Fsp3) is 0.343. The molecule has 5 rings (SSSR count). The van der Waals surface area contributed by atoms with E-state index in [0.29, 0.717) is 37.1 Å². The van der Waals surface area contributed by atoms with Gasteiger partial charge in [-0.05, 0) is 62.5 Å². The fourth-order valence-electron chi connectivity index (χ4n) is 5.90. The molecule has 0 fully saturated rings. The Labute approximate surface area is 251 Å². The van der Waals surface area contributed by atoms with Gasteiger partial charge in [-0.2, -0.15) is 0 Å². The molecule has 43 heavy (non-hydrogen) atoms. The van der Waals surface area contributed by atoms with Gasteiger partial charge in [0.25, 0.3) is 0 Å². The van der Waals surface area contributed by atoms with Gasteiger partial charge in [-0.15, -0.1) is 0 Å². The van der Waals surface area contributed by atoms with Crippen LogP contribution in [-0.4, -0.2) is 38.7 Å². The Kier molecular flexibility index (Phi) is 9.14. The molecule has 0 saturated carbocycles. The highest BCUT2D eigenvalue weighted by Gasteiger charge is 2.33. The van der Waals surface area contributed by atoms with E-state index in [1.807, 2.05) is 62.4 Å². The molecule has 0 aliphatic heterocycles. The first-order valence-electron chi connectivity index (χ1n) is 14.8. The summed E-state index contributed by atoms with van der Waals surface area (Å²) in [4.78, 5) is 45.7. The van der Waals surface area contributed by atoms with E-state index in [2.05, 4.69) is 16.5 Å². The number of para-hydroxylation sites is 1. The quantitative estimate of drug-likeness (QED) is 0.125. The number of amides is 1. The molecule has 0 radical (unpaired) electrons. The molecule has 0 spiro atoms. The standard InChI is InChI=1S/C35H37N3O5/c1-4-5-10-33-37-30-16-15-27(36-34(40)29-18-23(3)22(2)17-26(29)21-39)19-31(30)38(33)20-24-11-13-25(14-12-24)28-8-6-7-9-32(28)43-35(41)42/h6-9,11-16,21,26,29H,4-5,10,17-20H2,1-3H3,(H,41,42). The minimum Gasteiger partial charge on any atom is -0.449 e. The molecular formula is C35H37N3O5. The number of carbonyl (C=O) groups excluding carboxylic acids is 2. The molecule has 8 heteroatoms. The lowest BCUT2D eigenvalue weighted by atomic mass is 9.77. The van der Waals surface area contributed by atoms with Gasteiger partial charge >= 0.3 is 6.16 Å². The zero-order valence-electron chi connectivity index (χ0n) is 24.9. The Balaban J connectivity index is 1.40. The predicted molar refractivity (Wildman–Crippen MR) is 166 cm³/mol. The van der Waals surface area contributed by atoms with E-state index in [1.165, 1.54) is 11.1 Å². The first kappa shape index (κ1) is 29.9. The summed E-state index contributed by atoms with van der Waals surface area (Å²) in [6.07, 6.45) is 7.94. The van der Waals surface area contributed by atoms with Crippen LogP contribution in [0.2, 0.25) is 0 Å². The molecule has 1 heterocycles. The summed E-state index contributed by atoms with van der Waals surface area (Å²) in [6, 6.07) is 15.0. The third-order valence-corrected chi connectivity index (χ3v) is 8.47. The summed E-state index contributed by atoms with van der Waals surface area (Å²) < 4.78 is 7.20. The van der Waals surface area contributed by atoms with Crippen molar-refractivity contribution in [2.45, 2.75) is 65.8 Å². The maximum atomic E-state index is 13.3. The van der Waals surface area contributed by atoms with Crippen molar-refractivity contribution in [2.24, 2.45) is 16.8 Å². The number of aryl methyl sites for hydroxylation is 1. The average Bonchev–Trinajstić information content (AvgIpc) is 3.33. The third kappa shape index (κ3) is 6.74. The van der Waals surface area contributed by atoms with Crippen molar-refractivity contribution in [3.63, 3.8) is 0 Å². The lowest BCUT2D eigenvalue weighted by molar-refractivity contribution is -0.127. The molecule has 2 atom stereocenters. The van der Waals surface area contributed by atoms with Gasteiger partial charge in [0.05, 0.1) is 23.0 Å². The Morgan fingerprint density at radius 1 is 1.07 bits per heavy atom. The van der Waals surface area contributed by atoms with Crippen LogP contribution in [0.15, 0.2) is 70.7 Å². The van der Waals surface area contributed by atoms with Crippen molar-refractivity contribution in [2.75, 3.05) is 0 Å². The highest BCUT2D eigenvalue weighted by Crippen LogP contribution is 2.34. The molecule has 2 aromatic carbocycles. The SMILES string of the molecule is CCCCc1nc2c(n1Cc1ccc(-c3ccccc3OC(=O)O)cc1)CC(=NC(=O)C1CC(C)=C(C)CC1C=O)C=C2. The van der Waals surface area contributed by atoms with Crippen LogP contribution in [0.3, 0.4) is 0 Å². The van der Waals surface area contributed by atoms with Crippen molar-refractivity contribution >= 4 is 30.1 Å². The number of carbonyl (C=O) groups is 3. The minimum atomic E-state index is -1.35. The second-order valence-corrected chi connectivity index (χ2v) is 11.4. The van der Waals surface area contributed by atoms with Gasteiger partial charge in [0.1, 0.15) is 17.9 Å². The fourth-order valence-corrected chi connectivity index (χ4v) is 5.90. The number of ether oxygens (including phenoxy) is 1. The zero-order valence-corrected chi connectivity index (χ0v) is 24.9. The van der Waals surface area contributed by atoms with Gasteiger partial charge in [-0.3, -0.25) is 4.79 Å². The topological polar surface area (TPSA) is 111 Å². The van der Waals surface area contributed by atoms with Crippen LogP contribution in [0, 0.1) is 11.8 Å². The zero-order chi connectivity index (χ0) is 30.5.